The molecular formula is C19H19N3O4. The van der Waals surface area contributed by atoms with Crippen LogP contribution in [0.25, 0.3) is 11.1 Å². The van der Waals surface area contributed by atoms with Gasteiger partial charge in [0.1, 0.15) is 13.2 Å². The highest BCUT2D eigenvalue weighted by molar-refractivity contribution is 6.12. The Labute approximate surface area is 150 Å². The summed E-state index contributed by atoms with van der Waals surface area (Å²) in [7, 11) is 0. The van der Waals surface area contributed by atoms with E-state index in [1.807, 2.05) is 13.8 Å². The summed E-state index contributed by atoms with van der Waals surface area (Å²) in [4.78, 5) is 17.4. The molecule has 0 unspecified atom stereocenters. The SMILES string of the molecule is Cc1noc2nc(C(C)C)cc(C(=O)Nc3ccc4c(c3)OCCO4)c12. The second kappa shape index (κ2) is 6.33. The summed E-state index contributed by atoms with van der Waals surface area (Å²) in [6.45, 7) is 6.84. The second-order valence-electron chi connectivity index (χ2n) is 6.51. The minimum Gasteiger partial charge on any atom is -0.486 e. The van der Waals surface area contributed by atoms with Crippen LogP contribution in [0.5, 0.6) is 11.5 Å². The number of nitrogens with zero attached hydrogens (tertiary/aromatic N) is 2. The Balaban J connectivity index is 1.71. The molecule has 0 saturated heterocycles. The van der Waals surface area contributed by atoms with Gasteiger partial charge in [0.25, 0.3) is 11.6 Å². The average molecular weight is 353 g/mol. The maximum atomic E-state index is 12.9. The van der Waals surface area contributed by atoms with Crippen molar-refractivity contribution >= 4 is 22.7 Å². The van der Waals surface area contributed by atoms with Crippen LogP contribution >= 0.6 is 0 Å². The Kier molecular flexibility index (Phi) is 3.99. The molecule has 0 aliphatic carbocycles. The Bertz CT molecular complexity index is 994. The highest BCUT2D eigenvalue weighted by Gasteiger charge is 2.20. The fourth-order valence-electron chi connectivity index (χ4n) is 2.91. The molecule has 3 aromatic rings. The van der Waals surface area contributed by atoms with Crippen LogP contribution < -0.4 is 14.8 Å². The molecule has 7 nitrogen and oxygen atoms in total. The average Bonchev–Trinajstić information content (AvgIpc) is 3.02. The highest BCUT2D eigenvalue weighted by Crippen LogP contribution is 2.33. The van der Waals surface area contributed by atoms with Crippen molar-refractivity contribution in [3.8, 4) is 11.5 Å². The molecule has 0 bridgehead atoms. The molecule has 1 aromatic carbocycles. The molecule has 1 aliphatic heterocycles. The number of aryl methyl sites for hydroxylation is 1. The summed E-state index contributed by atoms with van der Waals surface area (Å²) >= 11 is 0. The number of rotatable bonds is 3. The van der Waals surface area contributed by atoms with Gasteiger partial charge in [0.2, 0.25) is 0 Å². The number of pyridine rings is 1. The lowest BCUT2D eigenvalue weighted by atomic mass is 10.0. The van der Waals surface area contributed by atoms with Crippen LogP contribution in [0.15, 0.2) is 28.8 Å². The lowest BCUT2D eigenvalue weighted by molar-refractivity contribution is 0.102. The number of hydrogen-bond acceptors (Lipinski definition) is 6. The zero-order chi connectivity index (χ0) is 18.3. The fourth-order valence-corrected chi connectivity index (χ4v) is 2.91. The van der Waals surface area contributed by atoms with E-state index in [0.29, 0.717) is 52.8 Å². The van der Waals surface area contributed by atoms with Gasteiger partial charge in [-0.3, -0.25) is 4.79 Å². The van der Waals surface area contributed by atoms with Gasteiger partial charge in [-0.2, -0.15) is 0 Å². The first-order chi connectivity index (χ1) is 12.5. The first-order valence-corrected chi connectivity index (χ1v) is 8.51. The van der Waals surface area contributed by atoms with Crippen molar-refractivity contribution in [3.05, 3.63) is 41.2 Å². The van der Waals surface area contributed by atoms with Crippen LogP contribution in [0.3, 0.4) is 0 Å². The number of carbonyl (C=O) groups is 1. The topological polar surface area (TPSA) is 86.5 Å². The molecule has 0 atom stereocenters. The predicted octanol–water partition coefficient (Wildman–Crippen LogP) is 3.68. The van der Waals surface area contributed by atoms with Gasteiger partial charge >= 0.3 is 0 Å². The van der Waals surface area contributed by atoms with Gasteiger partial charge < -0.3 is 19.3 Å². The van der Waals surface area contributed by atoms with Crippen LogP contribution in [0.2, 0.25) is 0 Å². The van der Waals surface area contributed by atoms with Gasteiger partial charge in [-0.1, -0.05) is 19.0 Å². The Morgan fingerprint density at radius 1 is 1.15 bits per heavy atom. The van der Waals surface area contributed by atoms with Gasteiger partial charge in [0.05, 0.1) is 16.6 Å². The lowest BCUT2D eigenvalue weighted by Gasteiger charge is -2.19. The number of ether oxygens (including phenoxy) is 2. The molecule has 4 rings (SSSR count). The van der Waals surface area contributed by atoms with Crippen LogP contribution in [0.4, 0.5) is 5.69 Å². The summed E-state index contributed by atoms with van der Waals surface area (Å²) < 4.78 is 16.4. The molecule has 0 spiro atoms. The molecule has 26 heavy (non-hydrogen) atoms. The fraction of sp³-hybridized carbons (Fsp3) is 0.316. The van der Waals surface area contributed by atoms with Crippen molar-refractivity contribution in [1.82, 2.24) is 10.1 Å². The largest absolute Gasteiger partial charge is 0.486 e. The summed E-state index contributed by atoms with van der Waals surface area (Å²) in [5, 5.41) is 7.49. The number of fused-ring (bicyclic) bond motifs is 2. The Morgan fingerprint density at radius 3 is 2.69 bits per heavy atom. The molecule has 2 aromatic heterocycles. The third kappa shape index (κ3) is 2.85. The Hall–Kier alpha value is -3.09. The van der Waals surface area contributed by atoms with E-state index in [4.69, 9.17) is 14.0 Å². The third-order valence-electron chi connectivity index (χ3n) is 4.27. The number of benzene rings is 1. The molecule has 1 amide bonds. The van der Waals surface area contributed by atoms with E-state index in [9.17, 15) is 4.79 Å². The van der Waals surface area contributed by atoms with Crippen LogP contribution in [0.1, 0.15) is 41.5 Å². The number of anilines is 1. The van der Waals surface area contributed by atoms with E-state index in [1.54, 1.807) is 31.2 Å². The van der Waals surface area contributed by atoms with Crippen molar-refractivity contribution in [2.75, 3.05) is 18.5 Å². The van der Waals surface area contributed by atoms with Gasteiger partial charge in [-0.25, -0.2) is 4.98 Å². The van der Waals surface area contributed by atoms with Crippen molar-refractivity contribution < 1.29 is 18.8 Å². The smallest absolute Gasteiger partial charge is 0.259 e. The molecule has 7 heteroatoms. The number of nitrogens with one attached hydrogen (secondary N) is 1. The molecular weight excluding hydrogens is 334 g/mol. The first kappa shape index (κ1) is 16.4. The highest BCUT2D eigenvalue weighted by atomic mass is 16.6. The van der Waals surface area contributed by atoms with Gasteiger partial charge in [-0.15, -0.1) is 0 Å². The third-order valence-corrected chi connectivity index (χ3v) is 4.27. The summed E-state index contributed by atoms with van der Waals surface area (Å²) in [6.07, 6.45) is 0. The summed E-state index contributed by atoms with van der Waals surface area (Å²) in [6, 6.07) is 7.13. The number of aromatic nitrogens is 2. The Morgan fingerprint density at radius 2 is 1.92 bits per heavy atom. The molecule has 0 saturated carbocycles. The maximum absolute atomic E-state index is 12.9. The monoisotopic (exact) mass is 353 g/mol. The molecule has 3 heterocycles. The number of amides is 1. The molecule has 134 valence electrons. The van der Waals surface area contributed by atoms with Gasteiger partial charge in [-0.05, 0) is 31.0 Å². The quantitative estimate of drug-likeness (QED) is 0.773. The van der Waals surface area contributed by atoms with Crippen LogP contribution in [0, 0.1) is 6.92 Å². The van der Waals surface area contributed by atoms with E-state index in [0.717, 1.165) is 5.69 Å². The van der Waals surface area contributed by atoms with Gasteiger partial charge in [0, 0.05) is 17.4 Å². The molecule has 1 aliphatic rings. The van der Waals surface area contributed by atoms with E-state index in [2.05, 4.69) is 15.5 Å². The van der Waals surface area contributed by atoms with Crippen molar-refractivity contribution in [2.24, 2.45) is 0 Å². The first-order valence-electron chi connectivity index (χ1n) is 8.51. The maximum Gasteiger partial charge on any atom is 0.259 e. The van der Waals surface area contributed by atoms with E-state index in [1.165, 1.54) is 0 Å². The second-order valence-corrected chi connectivity index (χ2v) is 6.51. The summed E-state index contributed by atoms with van der Waals surface area (Å²) in [5.74, 6) is 1.21. The molecule has 0 fully saturated rings. The van der Waals surface area contributed by atoms with Gasteiger partial charge in [0.15, 0.2) is 11.5 Å². The van der Waals surface area contributed by atoms with Crippen LogP contribution in [-0.4, -0.2) is 29.3 Å². The van der Waals surface area contributed by atoms with Crippen molar-refractivity contribution in [2.45, 2.75) is 26.7 Å². The predicted molar refractivity (Wildman–Crippen MR) is 96.0 cm³/mol. The zero-order valence-corrected chi connectivity index (χ0v) is 14.8. The minimum absolute atomic E-state index is 0.158. The zero-order valence-electron chi connectivity index (χ0n) is 14.8. The summed E-state index contributed by atoms with van der Waals surface area (Å²) in [5.41, 5.74) is 2.91. The van der Waals surface area contributed by atoms with E-state index >= 15 is 0 Å². The van der Waals surface area contributed by atoms with E-state index < -0.39 is 0 Å². The molecule has 0 radical (unpaired) electrons. The molecule has 1 N–H and O–H groups in total. The lowest BCUT2D eigenvalue weighted by Crippen LogP contribution is -2.17. The van der Waals surface area contributed by atoms with E-state index in [-0.39, 0.29) is 11.8 Å². The van der Waals surface area contributed by atoms with Crippen molar-refractivity contribution in [1.29, 1.82) is 0 Å². The number of carbonyl (C=O) groups excluding carboxylic acids is 1. The normalized spacial score (nSPS) is 13.2. The standard InChI is InChI=1S/C19H19N3O4/c1-10(2)14-9-13(17-11(3)22-26-19(17)21-14)18(23)20-12-4-5-15-16(8-12)25-7-6-24-15/h4-5,8-10H,6-7H2,1-3H3,(H,20,23). The minimum atomic E-state index is -0.248. The van der Waals surface area contributed by atoms with Crippen LogP contribution in [-0.2, 0) is 0 Å². The van der Waals surface area contributed by atoms with Crippen molar-refractivity contribution in [3.63, 3.8) is 0 Å². The number of hydrogen-bond donors (Lipinski definition) is 1.